The molecule has 22 heavy (non-hydrogen) atoms. The number of carbonyl (C=O) groups excluding carboxylic acids is 1. The molecule has 1 aromatic rings. The molecule has 1 aromatic heterocycles. The molecular formula is C16H26N4OS. The number of thioether (sulfide) groups is 1. The standard InChI is InChI=1S/C16H26N4OS/c1-10(2)13-7-20(8-14(13)19-16(21)9-22-5)15-6-17-11(3)12(4)18-15/h6,10,13-14H,7-9H2,1-5H3,(H,19,21)/t13-,14+/m0/s1. The second kappa shape index (κ2) is 7.31. The van der Waals surface area contributed by atoms with E-state index in [0.29, 0.717) is 17.6 Å². The summed E-state index contributed by atoms with van der Waals surface area (Å²) in [7, 11) is 0. The summed E-state index contributed by atoms with van der Waals surface area (Å²) < 4.78 is 0. The van der Waals surface area contributed by atoms with Gasteiger partial charge in [-0.2, -0.15) is 11.8 Å². The van der Waals surface area contributed by atoms with Gasteiger partial charge in [-0.1, -0.05) is 13.8 Å². The number of nitrogens with one attached hydrogen (secondary N) is 1. The number of hydrogen-bond donors (Lipinski definition) is 1. The highest BCUT2D eigenvalue weighted by Crippen LogP contribution is 2.28. The summed E-state index contributed by atoms with van der Waals surface area (Å²) in [6.45, 7) is 10.1. The number of carbonyl (C=O) groups is 1. The highest BCUT2D eigenvalue weighted by Gasteiger charge is 2.36. The fraction of sp³-hybridized carbons (Fsp3) is 0.688. The van der Waals surface area contributed by atoms with Crippen LogP contribution in [0.15, 0.2) is 6.20 Å². The predicted molar refractivity (Wildman–Crippen MR) is 92.4 cm³/mol. The van der Waals surface area contributed by atoms with E-state index in [9.17, 15) is 4.79 Å². The van der Waals surface area contributed by atoms with Crippen LogP contribution in [-0.2, 0) is 4.79 Å². The zero-order valence-electron chi connectivity index (χ0n) is 14.1. The molecular weight excluding hydrogens is 296 g/mol. The number of aromatic nitrogens is 2. The number of aryl methyl sites for hydroxylation is 2. The van der Waals surface area contributed by atoms with E-state index in [1.54, 1.807) is 11.8 Å². The largest absolute Gasteiger partial charge is 0.353 e. The van der Waals surface area contributed by atoms with Gasteiger partial charge in [0, 0.05) is 19.0 Å². The van der Waals surface area contributed by atoms with E-state index in [1.807, 2.05) is 26.3 Å². The SMILES string of the molecule is CSCC(=O)N[C@@H]1CN(c2cnc(C)c(C)n2)C[C@H]1C(C)C. The van der Waals surface area contributed by atoms with Crippen molar-refractivity contribution in [3.05, 3.63) is 17.6 Å². The monoisotopic (exact) mass is 322 g/mol. The number of anilines is 1. The topological polar surface area (TPSA) is 58.1 Å². The Morgan fingerprint density at radius 2 is 2.14 bits per heavy atom. The van der Waals surface area contributed by atoms with Crippen LogP contribution < -0.4 is 10.2 Å². The maximum Gasteiger partial charge on any atom is 0.230 e. The number of amides is 1. The van der Waals surface area contributed by atoms with Crippen molar-refractivity contribution in [2.24, 2.45) is 11.8 Å². The Hall–Kier alpha value is -1.30. The van der Waals surface area contributed by atoms with Crippen molar-refractivity contribution in [1.29, 1.82) is 0 Å². The predicted octanol–water partition coefficient (Wildman–Crippen LogP) is 2.03. The van der Waals surface area contributed by atoms with Gasteiger partial charge >= 0.3 is 0 Å². The summed E-state index contributed by atoms with van der Waals surface area (Å²) in [6, 6.07) is 0.183. The molecule has 1 amide bonds. The molecule has 1 N–H and O–H groups in total. The van der Waals surface area contributed by atoms with Gasteiger partial charge in [0.2, 0.25) is 5.91 Å². The average Bonchev–Trinajstić information content (AvgIpc) is 2.86. The van der Waals surface area contributed by atoms with Gasteiger partial charge in [0.25, 0.3) is 0 Å². The molecule has 2 heterocycles. The lowest BCUT2D eigenvalue weighted by Gasteiger charge is -2.22. The molecule has 0 saturated carbocycles. The Kier molecular flexibility index (Phi) is 5.67. The fourth-order valence-corrected chi connectivity index (χ4v) is 3.25. The van der Waals surface area contributed by atoms with Crippen molar-refractivity contribution in [3.8, 4) is 0 Å². The average molecular weight is 322 g/mol. The Morgan fingerprint density at radius 1 is 1.41 bits per heavy atom. The van der Waals surface area contributed by atoms with Crippen LogP contribution in [0.5, 0.6) is 0 Å². The van der Waals surface area contributed by atoms with Gasteiger partial charge in [-0.05, 0) is 26.0 Å². The zero-order chi connectivity index (χ0) is 16.3. The van der Waals surface area contributed by atoms with Crippen molar-refractivity contribution in [3.63, 3.8) is 0 Å². The summed E-state index contributed by atoms with van der Waals surface area (Å²) in [4.78, 5) is 23.2. The highest BCUT2D eigenvalue weighted by atomic mass is 32.2. The quantitative estimate of drug-likeness (QED) is 0.899. The van der Waals surface area contributed by atoms with E-state index in [1.165, 1.54) is 0 Å². The minimum atomic E-state index is 0.121. The van der Waals surface area contributed by atoms with Gasteiger partial charge in [-0.15, -0.1) is 0 Å². The molecule has 2 rings (SSSR count). The van der Waals surface area contributed by atoms with Gasteiger partial charge in [0.05, 0.1) is 29.4 Å². The zero-order valence-corrected chi connectivity index (χ0v) is 14.9. The number of hydrogen-bond acceptors (Lipinski definition) is 5. The van der Waals surface area contributed by atoms with E-state index >= 15 is 0 Å². The molecule has 1 fully saturated rings. The van der Waals surface area contributed by atoms with Crippen molar-refractivity contribution >= 4 is 23.5 Å². The minimum absolute atomic E-state index is 0.121. The molecule has 1 saturated heterocycles. The number of nitrogens with zero attached hydrogens (tertiary/aromatic N) is 3. The molecule has 0 aromatic carbocycles. The molecule has 1 aliphatic heterocycles. The molecule has 1 aliphatic rings. The van der Waals surface area contributed by atoms with Gasteiger partial charge in [0.15, 0.2) is 0 Å². The maximum absolute atomic E-state index is 11.9. The molecule has 2 atom stereocenters. The summed E-state index contributed by atoms with van der Waals surface area (Å²) in [6.07, 6.45) is 3.79. The first-order valence-electron chi connectivity index (χ1n) is 7.75. The normalized spacial score (nSPS) is 21.5. The molecule has 0 unspecified atom stereocenters. The molecule has 6 heteroatoms. The maximum atomic E-state index is 11.9. The lowest BCUT2D eigenvalue weighted by Crippen LogP contribution is -2.42. The van der Waals surface area contributed by atoms with Crippen LogP contribution >= 0.6 is 11.8 Å². The number of rotatable bonds is 5. The minimum Gasteiger partial charge on any atom is -0.353 e. The van der Waals surface area contributed by atoms with E-state index in [0.717, 1.165) is 30.3 Å². The first kappa shape index (κ1) is 17.1. The summed E-state index contributed by atoms with van der Waals surface area (Å²) in [5.41, 5.74) is 1.93. The fourth-order valence-electron chi connectivity index (χ4n) is 2.91. The highest BCUT2D eigenvalue weighted by molar-refractivity contribution is 7.99. The molecule has 0 bridgehead atoms. The van der Waals surface area contributed by atoms with Crippen LogP contribution in [0.1, 0.15) is 25.2 Å². The third kappa shape index (κ3) is 3.91. The van der Waals surface area contributed by atoms with Crippen LogP contribution in [0.3, 0.4) is 0 Å². The van der Waals surface area contributed by atoms with Gasteiger partial charge in [-0.25, -0.2) is 4.98 Å². The van der Waals surface area contributed by atoms with Crippen LogP contribution in [0.25, 0.3) is 0 Å². The van der Waals surface area contributed by atoms with Crippen molar-refractivity contribution in [2.75, 3.05) is 30.0 Å². The van der Waals surface area contributed by atoms with Crippen LogP contribution in [-0.4, -0.2) is 47.0 Å². The molecule has 0 spiro atoms. The van der Waals surface area contributed by atoms with Crippen molar-refractivity contribution in [2.45, 2.75) is 33.7 Å². The van der Waals surface area contributed by atoms with Crippen LogP contribution in [0.2, 0.25) is 0 Å². The third-order valence-electron chi connectivity index (χ3n) is 4.35. The summed E-state index contributed by atoms with van der Waals surface area (Å²) in [5, 5.41) is 3.19. The van der Waals surface area contributed by atoms with Crippen molar-refractivity contribution in [1.82, 2.24) is 15.3 Å². The van der Waals surface area contributed by atoms with Gasteiger partial charge in [0.1, 0.15) is 5.82 Å². The molecule has 5 nitrogen and oxygen atoms in total. The Morgan fingerprint density at radius 3 is 2.73 bits per heavy atom. The second-order valence-corrected chi connectivity index (χ2v) is 7.18. The summed E-state index contributed by atoms with van der Waals surface area (Å²) >= 11 is 1.56. The lowest BCUT2D eigenvalue weighted by atomic mass is 9.91. The van der Waals surface area contributed by atoms with E-state index in [-0.39, 0.29) is 11.9 Å². The smallest absolute Gasteiger partial charge is 0.230 e. The first-order valence-corrected chi connectivity index (χ1v) is 9.15. The van der Waals surface area contributed by atoms with Gasteiger partial charge < -0.3 is 10.2 Å². The van der Waals surface area contributed by atoms with Crippen molar-refractivity contribution < 1.29 is 4.79 Å². The van der Waals surface area contributed by atoms with E-state index < -0.39 is 0 Å². The summed E-state index contributed by atoms with van der Waals surface area (Å²) in [5.74, 6) is 2.51. The molecule has 0 radical (unpaired) electrons. The second-order valence-electron chi connectivity index (χ2n) is 6.32. The lowest BCUT2D eigenvalue weighted by molar-refractivity contribution is -0.119. The van der Waals surface area contributed by atoms with E-state index in [4.69, 9.17) is 0 Å². The molecule has 122 valence electrons. The Labute approximate surface area is 137 Å². The van der Waals surface area contributed by atoms with E-state index in [2.05, 4.69) is 34.0 Å². The Balaban J connectivity index is 2.12. The first-order chi connectivity index (χ1) is 10.4. The Bertz CT molecular complexity index is 535. The van der Waals surface area contributed by atoms with Crippen LogP contribution in [0, 0.1) is 25.7 Å². The third-order valence-corrected chi connectivity index (χ3v) is 4.90. The van der Waals surface area contributed by atoms with Gasteiger partial charge in [-0.3, -0.25) is 9.78 Å². The molecule has 0 aliphatic carbocycles. The van der Waals surface area contributed by atoms with Crippen LogP contribution in [0.4, 0.5) is 5.82 Å².